The van der Waals surface area contributed by atoms with E-state index < -0.39 is 0 Å². The molecule has 0 aliphatic heterocycles. The van der Waals surface area contributed by atoms with Crippen molar-refractivity contribution in [2.24, 2.45) is 5.10 Å². The molecule has 0 saturated heterocycles. The first kappa shape index (κ1) is 14.7. The molecule has 2 aromatic carbocycles. The van der Waals surface area contributed by atoms with Gasteiger partial charge in [0.25, 0.3) is 0 Å². The first-order chi connectivity index (χ1) is 10.7. The third-order valence-corrected chi connectivity index (χ3v) is 3.73. The number of hydrazone groups is 1. The molecule has 0 amide bonds. The van der Waals surface area contributed by atoms with Gasteiger partial charge >= 0.3 is 0 Å². The van der Waals surface area contributed by atoms with Crippen LogP contribution in [0.5, 0.6) is 0 Å². The fourth-order valence-corrected chi connectivity index (χ4v) is 2.21. The average molecular weight is 331 g/mol. The Kier molecular flexibility index (Phi) is 4.47. The van der Waals surface area contributed by atoms with Crippen LogP contribution in [0.1, 0.15) is 5.76 Å². The number of para-hydroxylation sites is 1. The lowest BCUT2D eigenvalue weighted by atomic mass is 10.2. The Morgan fingerprint density at radius 1 is 0.909 bits per heavy atom. The van der Waals surface area contributed by atoms with Crippen molar-refractivity contribution in [3.05, 3.63) is 76.5 Å². The lowest BCUT2D eigenvalue weighted by molar-refractivity contribution is 0.575. The van der Waals surface area contributed by atoms with Crippen molar-refractivity contribution in [3.8, 4) is 11.3 Å². The molecule has 1 aromatic heterocycles. The molecule has 0 bridgehead atoms. The maximum atomic E-state index is 6.01. The summed E-state index contributed by atoms with van der Waals surface area (Å²) in [6.07, 6.45) is 1.62. The Morgan fingerprint density at radius 2 is 1.73 bits per heavy atom. The van der Waals surface area contributed by atoms with Crippen LogP contribution in [0.3, 0.4) is 0 Å². The molecule has 1 N–H and O–H groups in total. The van der Waals surface area contributed by atoms with Crippen molar-refractivity contribution in [1.82, 2.24) is 0 Å². The van der Waals surface area contributed by atoms with Crippen LogP contribution in [-0.2, 0) is 0 Å². The van der Waals surface area contributed by atoms with E-state index >= 15 is 0 Å². The van der Waals surface area contributed by atoms with Gasteiger partial charge in [-0.3, -0.25) is 5.43 Å². The smallest absolute Gasteiger partial charge is 0.147 e. The summed E-state index contributed by atoms with van der Waals surface area (Å²) in [5.41, 5.74) is 4.71. The van der Waals surface area contributed by atoms with Crippen molar-refractivity contribution < 1.29 is 4.42 Å². The van der Waals surface area contributed by atoms with Crippen LogP contribution < -0.4 is 5.43 Å². The predicted molar refractivity (Wildman–Crippen MR) is 91.8 cm³/mol. The lowest BCUT2D eigenvalue weighted by Gasteiger charge is -1.99. The molecule has 0 spiro atoms. The molecule has 5 heteroatoms. The van der Waals surface area contributed by atoms with Gasteiger partial charge in [0.05, 0.1) is 21.9 Å². The van der Waals surface area contributed by atoms with Crippen LogP contribution in [0.2, 0.25) is 10.0 Å². The molecular formula is C17H12Cl2N2O. The number of nitrogens with one attached hydrogen (secondary N) is 1. The molecule has 110 valence electrons. The van der Waals surface area contributed by atoms with Crippen LogP contribution in [0, 0.1) is 0 Å². The van der Waals surface area contributed by atoms with Gasteiger partial charge in [0.2, 0.25) is 0 Å². The molecule has 0 saturated carbocycles. The Hall–Kier alpha value is -2.23. The number of halogens is 2. The minimum Gasteiger partial charge on any atom is -0.455 e. The number of nitrogens with zero attached hydrogens (tertiary/aromatic N) is 1. The highest BCUT2D eigenvalue weighted by molar-refractivity contribution is 6.42. The number of furan rings is 1. The van der Waals surface area contributed by atoms with Gasteiger partial charge in [-0.2, -0.15) is 5.10 Å². The lowest BCUT2D eigenvalue weighted by Crippen LogP contribution is -1.88. The summed E-state index contributed by atoms with van der Waals surface area (Å²) >= 11 is 11.9. The summed E-state index contributed by atoms with van der Waals surface area (Å²) < 4.78 is 5.71. The molecule has 0 fully saturated rings. The number of hydrogen-bond acceptors (Lipinski definition) is 3. The van der Waals surface area contributed by atoms with E-state index in [1.54, 1.807) is 18.3 Å². The van der Waals surface area contributed by atoms with Crippen LogP contribution in [0.15, 0.2) is 70.2 Å². The molecule has 0 aliphatic rings. The van der Waals surface area contributed by atoms with Gasteiger partial charge in [-0.15, -0.1) is 0 Å². The molecule has 3 aromatic rings. The van der Waals surface area contributed by atoms with Crippen LogP contribution in [0.25, 0.3) is 11.3 Å². The number of benzene rings is 2. The highest BCUT2D eigenvalue weighted by Gasteiger charge is 2.06. The standard InChI is InChI=1S/C17H12Cl2N2O/c18-15-8-6-12(10-16(15)19)17-9-7-14(22-17)11-20-21-13-4-2-1-3-5-13/h1-11,21H/b20-11-. The molecular weight excluding hydrogens is 319 g/mol. The van der Waals surface area contributed by atoms with Crippen molar-refractivity contribution in [2.75, 3.05) is 5.43 Å². The van der Waals surface area contributed by atoms with E-state index in [1.165, 1.54) is 0 Å². The summed E-state index contributed by atoms with van der Waals surface area (Å²) in [7, 11) is 0. The van der Waals surface area contributed by atoms with E-state index in [0.29, 0.717) is 21.6 Å². The van der Waals surface area contributed by atoms with Gasteiger partial charge in [-0.05, 0) is 42.5 Å². The zero-order valence-corrected chi connectivity index (χ0v) is 13.0. The maximum absolute atomic E-state index is 6.01. The average Bonchev–Trinajstić information content (AvgIpc) is 3.00. The summed E-state index contributed by atoms with van der Waals surface area (Å²) in [6.45, 7) is 0. The minimum absolute atomic E-state index is 0.497. The summed E-state index contributed by atoms with van der Waals surface area (Å²) in [6, 6.07) is 18.8. The first-order valence-corrected chi connectivity index (χ1v) is 7.37. The Balaban J connectivity index is 1.72. The zero-order valence-electron chi connectivity index (χ0n) is 11.5. The predicted octanol–water partition coefficient (Wildman–Crippen LogP) is 5.70. The second-order valence-corrected chi connectivity index (χ2v) is 5.38. The van der Waals surface area contributed by atoms with E-state index in [1.807, 2.05) is 48.5 Å². The maximum Gasteiger partial charge on any atom is 0.147 e. The highest BCUT2D eigenvalue weighted by atomic mass is 35.5. The normalized spacial score (nSPS) is 11.0. The largest absolute Gasteiger partial charge is 0.455 e. The monoisotopic (exact) mass is 330 g/mol. The highest BCUT2D eigenvalue weighted by Crippen LogP contribution is 2.29. The first-order valence-electron chi connectivity index (χ1n) is 6.62. The zero-order chi connectivity index (χ0) is 15.4. The molecule has 1 heterocycles. The second kappa shape index (κ2) is 6.69. The summed E-state index contributed by atoms with van der Waals surface area (Å²) in [5.74, 6) is 1.35. The number of rotatable bonds is 4. The fraction of sp³-hybridized carbons (Fsp3) is 0. The Bertz CT molecular complexity index is 797. The van der Waals surface area contributed by atoms with E-state index in [4.69, 9.17) is 27.6 Å². The van der Waals surface area contributed by atoms with Gasteiger partial charge in [0.1, 0.15) is 11.5 Å². The van der Waals surface area contributed by atoms with Crippen molar-refractivity contribution >= 4 is 35.1 Å². The molecule has 3 nitrogen and oxygen atoms in total. The summed E-state index contributed by atoms with van der Waals surface area (Å²) in [5, 5.41) is 5.15. The van der Waals surface area contributed by atoms with E-state index in [-0.39, 0.29) is 0 Å². The third-order valence-electron chi connectivity index (χ3n) is 2.99. The van der Waals surface area contributed by atoms with Gasteiger partial charge in [0.15, 0.2) is 0 Å². The molecule has 0 unspecified atom stereocenters. The SMILES string of the molecule is Clc1ccc(-c2ccc(/C=N\Nc3ccccc3)o2)cc1Cl. The Morgan fingerprint density at radius 3 is 2.50 bits per heavy atom. The second-order valence-electron chi connectivity index (χ2n) is 4.57. The molecule has 0 aliphatic carbocycles. The van der Waals surface area contributed by atoms with Crippen LogP contribution in [0.4, 0.5) is 5.69 Å². The van der Waals surface area contributed by atoms with Gasteiger partial charge in [-0.1, -0.05) is 41.4 Å². The fourth-order valence-electron chi connectivity index (χ4n) is 1.91. The van der Waals surface area contributed by atoms with E-state index in [2.05, 4.69) is 10.5 Å². The van der Waals surface area contributed by atoms with Crippen LogP contribution >= 0.6 is 23.2 Å². The van der Waals surface area contributed by atoms with E-state index in [0.717, 1.165) is 11.3 Å². The third kappa shape index (κ3) is 3.50. The molecule has 0 atom stereocenters. The van der Waals surface area contributed by atoms with Gasteiger partial charge < -0.3 is 4.42 Å². The van der Waals surface area contributed by atoms with Crippen LogP contribution in [-0.4, -0.2) is 6.21 Å². The molecule has 22 heavy (non-hydrogen) atoms. The molecule has 0 radical (unpaired) electrons. The van der Waals surface area contributed by atoms with Gasteiger partial charge in [0, 0.05) is 5.56 Å². The quantitative estimate of drug-likeness (QED) is 0.492. The van der Waals surface area contributed by atoms with Crippen molar-refractivity contribution in [1.29, 1.82) is 0 Å². The Labute approximate surface area is 138 Å². The van der Waals surface area contributed by atoms with Crippen molar-refractivity contribution in [3.63, 3.8) is 0 Å². The van der Waals surface area contributed by atoms with Crippen molar-refractivity contribution in [2.45, 2.75) is 0 Å². The molecule has 3 rings (SSSR count). The number of hydrogen-bond donors (Lipinski definition) is 1. The number of anilines is 1. The summed E-state index contributed by atoms with van der Waals surface area (Å²) in [4.78, 5) is 0. The minimum atomic E-state index is 0.497. The van der Waals surface area contributed by atoms with E-state index in [9.17, 15) is 0 Å². The topological polar surface area (TPSA) is 37.5 Å². The van der Waals surface area contributed by atoms with Gasteiger partial charge in [-0.25, -0.2) is 0 Å².